The maximum Gasteiger partial charge on any atom is 0.236 e. The number of rotatable bonds is 3. The van der Waals surface area contributed by atoms with Crippen LogP contribution < -0.4 is 16.0 Å². The van der Waals surface area contributed by atoms with Crippen molar-refractivity contribution in [1.29, 1.82) is 5.26 Å². The monoisotopic (exact) mass is 248 g/mol. The van der Waals surface area contributed by atoms with Gasteiger partial charge in [0.25, 0.3) is 0 Å². The van der Waals surface area contributed by atoms with E-state index in [9.17, 15) is 0 Å². The van der Waals surface area contributed by atoms with Crippen LogP contribution >= 0.6 is 0 Å². The number of nitrogens with one attached hydrogen (secondary N) is 1. The van der Waals surface area contributed by atoms with Crippen LogP contribution in [0.4, 0.5) is 17.3 Å². The summed E-state index contributed by atoms with van der Waals surface area (Å²) in [5.41, 5.74) is 6.56. The van der Waals surface area contributed by atoms with Gasteiger partial charge in [-0.05, 0) is 5.41 Å². The minimum atomic E-state index is 0.0997. The average molecular weight is 248 g/mol. The predicted octanol–water partition coefficient (Wildman–Crippen LogP) is 1.45. The summed E-state index contributed by atoms with van der Waals surface area (Å²) in [6, 6.07) is 1.94. The van der Waals surface area contributed by atoms with Crippen molar-refractivity contribution in [3.05, 3.63) is 5.82 Å². The average Bonchev–Trinajstić information content (AvgIpc) is 2.26. The van der Waals surface area contributed by atoms with Gasteiger partial charge in [0.2, 0.25) is 5.82 Å². The van der Waals surface area contributed by atoms with Crippen LogP contribution in [0.25, 0.3) is 0 Å². The largest absolute Gasteiger partial charge is 0.393 e. The summed E-state index contributed by atoms with van der Waals surface area (Å²) >= 11 is 0. The molecule has 0 aliphatic rings. The summed E-state index contributed by atoms with van der Waals surface area (Å²) in [5, 5.41) is 12.1. The van der Waals surface area contributed by atoms with Gasteiger partial charge < -0.3 is 16.0 Å². The van der Waals surface area contributed by atoms with Crippen molar-refractivity contribution in [3.63, 3.8) is 0 Å². The van der Waals surface area contributed by atoms with Crippen LogP contribution in [0.1, 0.15) is 26.6 Å². The minimum absolute atomic E-state index is 0.0997. The van der Waals surface area contributed by atoms with E-state index < -0.39 is 0 Å². The Bertz CT molecular complexity index is 467. The fourth-order valence-electron chi connectivity index (χ4n) is 1.33. The molecule has 0 atom stereocenters. The van der Waals surface area contributed by atoms with Crippen molar-refractivity contribution < 1.29 is 0 Å². The number of nitriles is 1. The maximum atomic E-state index is 8.93. The van der Waals surface area contributed by atoms with Gasteiger partial charge in [0.15, 0.2) is 11.6 Å². The Morgan fingerprint density at radius 2 is 1.94 bits per heavy atom. The van der Waals surface area contributed by atoms with E-state index >= 15 is 0 Å². The molecule has 1 rings (SSSR count). The van der Waals surface area contributed by atoms with E-state index in [1.165, 1.54) is 0 Å². The first-order chi connectivity index (χ1) is 8.24. The van der Waals surface area contributed by atoms with Gasteiger partial charge in [0.1, 0.15) is 11.8 Å². The summed E-state index contributed by atoms with van der Waals surface area (Å²) < 4.78 is 0. The smallest absolute Gasteiger partial charge is 0.236 e. The molecule has 1 aromatic rings. The molecule has 0 aliphatic heterocycles. The number of aromatic nitrogens is 2. The third-order valence-electron chi connectivity index (χ3n) is 2.24. The van der Waals surface area contributed by atoms with Crippen LogP contribution in [-0.4, -0.2) is 30.6 Å². The van der Waals surface area contributed by atoms with Gasteiger partial charge in [-0.2, -0.15) is 15.2 Å². The van der Waals surface area contributed by atoms with Crippen molar-refractivity contribution >= 4 is 17.3 Å². The molecular weight excluding hydrogens is 228 g/mol. The highest BCUT2D eigenvalue weighted by molar-refractivity contribution is 5.75. The standard InChI is InChI=1S/C12H20N6/c1-12(2,3)7-15-10-9(14)11(18(4)5)17-8(6-13)16-10/h7,14H2,1-5H3,(H,15,16,17). The van der Waals surface area contributed by atoms with Crippen LogP contribution in [0.5, 0.6) is 0 Å². The van der Waals surface area contributed by atoms with E-state index in [1.54, 1.807) is 4.90 Å². The Kier molecular flexibility index (Phi) is 3.96. The summed E-state index contributed by atoms with van der Waals surface area (Å²) in [6.45, 7) is 7.03. The Morgan fingerprint density at radius 1 is 1.33 bits per heavy atom. The van der Waals surface area contributed by atoms with Gasteiger partial charge >= 0.3 is 0 Å². The molecule has 0 bridgehead atoms. The molecule has 0 saturated carbocycles. The molecule has 0 unspecified atom stereocenters. The Balaban J connectivity index is 3.11. The van der Waals surface area contributed by atoms with E-state index in [0.717, 1.165) is 0 Å². The second-order valence-electron chi connectivity index (χ2n) is 5.55. The van der Waals surface area contributed by atoms with Gasteiger partial charge in [0.05, 0.1) is 0 Å². The summed E-state index contributed by atoms with van der Waals surface area (Å²) in [7, 11) is 3.65. The SMILES string of the molecule is CN(C)c1nc(C#N)nc(NCC(C)(C)C)c1N. The van der Waals surface area contributed by atoms with E-state index in [1.807, 2.05) is 20.2 Å². The third kappa shape index (κ3) is 3.48. The Hall–Kier alpha value is -2.03. The number of nitrogens with two attached hydrogens (primary N) is 1. The van der Waals surface area contributed by atoms with Crippen molar-refractivity contribution in [2.24, 2.45) is 5.41 Å². The molecule has 0 aromatic carbocycles. The molecule has 6 nitrogen and oxygen atoms in total. The fourth-order valence-corrected chi connectivity index (χ4v) is 1.33. The summed E-state index contributed by atoms with van der Waals surface area (Å²) in [4.78, 5) is 9.95. The first kappa shape index (κ1) is 14.0. The highest BCUT2D eigenvalue weighted by Gasteiger charge is 2.16. The zero-order valence-electron chi connectivity index (χ0n) is 11.6. The number of nitrogens with zero attached hydrogens (tertiary/aromatic N) is 4. The lowest BCUT2D eigenvalue weighted by Crippen LogP contribution is -2.22. The molecule has 1 heterocycles. The molecule has 3 N–H and O–H groups in total. The Morgan fingerprint density at radius 3 is 2.39 bits per heavy atom. The highest BCUT2D eigenvalue weighted by Crippen LogP contribution is 2.26. The molecular formula is C12H20N6. The van der Waals surface area contributed by atoms with E-state index in [0.29, 0.717) is 23.9 Å². The fraction of sp³-hybridized carbons (Fsp3) is 0.583. The summed E-state index contributed by atoms with van der Waals surface area (Å²) in [5.74, 6) is 1.18. The molecule has 98 valence electrons. The quantitative estimate of drug-likeness (QED) is 0.841. The second kappa shape index (κ2) is 5.08. The predicted molar refractivity (Wildman–Crippen MR) is 73.4 cm³/mol. The molecule has 0 fully saturated rings. The molecule has 1 aromatic heterocycles. The lowest BCUT2D eigenvalue weighted by molar-refractivity contribution is 0.442. The molecule has 18 heavy (non-hydrogen) atoms. The topological polar surface area (TPSA) is 90.9 Å². The van der Waals surface area contributed by atoms with Crippen LogP contribution in [0.3, 0.4) is 0 Å². The normalized spacial score (nSPS) is 10.9. The first-order valence-electron chi connectivity index (χ1n) is 5.73. The molecule has 0 amide bonds. The number of anilines is 3. The lowest BCUT2D eigenvalue weighted by atomic mass is 9.97. The highest BCUT2D eigenvalue weighted by atomic mass is 15.2. The van der Waals surface area contributed by atoms with Gasteiger partial charge in [-0.1, -0.05) is 20.8 Å². The van der Waals surface area contributed by atoms with Gasteiger partial charge in [-0.3, -0.25) is 0 Å². The van der Waals surface area contributed by atoms with E-state index in [-0.39, 0.29) is 11.2 Å². The van der Waals surface area contributed by atoms with Crippen molar-refractivity contribution in [3.8, 4) is 6.07 Å². The second-order valence-corrected chi connectivity index (χ2v) is 5.55. The summed E-state index contributed by atoms with van der Waals surface area (Å²) in [6.07, 6.45) is 0. The van der Waals surface area contributed by atoms with Crippen LogP contribution in [0.2, 0.25) is 0 Å². The number of hydrogen-bond acceptors (Lipinski definition) is 6. The maximum absolute atomic E-state index is 8.93. The van der Waals surface area contributed by atoms with Crippen molar-refractivity contribution in [2.45, 2.75) is 20.8 Å². The van der Waals surface area contributed by atoms with Crippen LogP contribution in [0, 0.1) is 16.7 Å². The van der Waals surface area contributed by atoms with Crippen molar-refractivity contribution in [2.75, 3.05) is 36.6 Å². The van der Waals surface area contributed by atoms with Crippen LogP contribution in [0.15, 0.2) is 0 Å². The van der Waals surface area contributed by atoms with E-state index in [4.69, 9.17) is 11.0 Å². The molecule has 0 saturated heterocycles. The molecule has 0 radical (unpaired) electrons. The lowest BCUT2D eigenvalue weighted by Gasteiger charge is -2.21. The van der Waals surface area contributed by atoms with Gasteiger partial charge in [-0.15, -0.1) is 0 Å². The van der Waals surface area contributed by atoms with Crippen molar-refractivity contribution in [1.82, 2.24) is 9.97 Å². The zero-order chi connectivity index (χ0) is 13.9. The van der Waals surface area contributed by atoms with Crippen LogP contribution in [-0.2, 0) is 0 Å². The molecule has 0 aliphatic carbocycles. The first-order valence-corrected chi connectivity index (χ1v) is 5.73. The van der Waals surface area contributed by atoms with Gasteiger partial charge in [-0.25, -0.2) is 0 Å². The zero-order valence-corrected chi connectivity index (χ0v) is 11.6. The molecule has 6 heteroatoms. The third-order valence-corrected chi connectivity index (χ3v) is 2.24. The minimum Gasteiger partial charge on any atom is -0.393 e. The number of hydrogen-bond donors (Lipinski definition) is 2. The Labute approximate surface area is 108 Å². The van der Waals surface area contributed by atoms with Gasteiger partial charge in [0, 0.05) is 20.6 Å². The van der Waals surface area contributed by atoms with E-state index in [2.05, 4.69) is 36.1 Å². The molecule has 0 spiro atoms. The number of nitrogen functional groups attached to an aromatic ring is 1.